The Balaban J connectivity index is 2.24. The summed E-state index contributed by atoms with van der Waals surface area (Å²) >= 11 is 6.50. The minimum atomic E-state index is 0.184. The molecule has 0 amide bonds. The lowest BCUT2D eigenvalue weighted by molar-refractivity contribution is 0.589. The van der Waals surface area contributed by atoms with Crippen LogP contribution in [0.2, 0.25) is 5.02 Å². The van der Waals surface area contributed by atoms with Gasteiger partial charge in [-0.25, -0.2) is 0 Å². The summed E-state index contributed by atoms with van der Waals surface area (Å²) in [6, 6.07) is 11.2. The summed E-state index contributed by atoms with van der Waals surface area (Å²) < 4.78 is 0. The molecule has 0 radical (unpaired) electrons. The molecule has 0 N–H and O–H groups in total. The van der Waals surface area contributed by atoms with Gasteiger partial charge < -0.3 is 0 Å². The van der Waals surface area contributed by atoms with Crippen molar-refractivity contribution in [3.63, 3.8) is 0 Å². The van der Waals surface area contributed by atoms with Crippen molar-refractivity contribution in [1.29, 1.82) is 0 Å². The molecule has 1 unspecified atom stereocenters. The average Bonchev–Trinajstić information content (AvgIpc) is 2.62. The van der Waals surface area contributed by atoms with Gasteiger partial charge in [-0.1, -0.05) is 63.6 Å². The molecule has 1 aliphatic rings. The van der Waals surface area contributed by atoms with Gasteiger partial charge in [0.1, 0.15) is 0 Å². The fourth-order valence-corrected chi connectivity index (χ4v) is 3.56. The largest absolute Gasteiger partial charge is 0.0836 e. The zero-order chi connectivity index (χ0) is 14.7. The first-order valence-corrected chi connectivity index (χ1v) is 7.61. The minimum absolute atomic E-state index is 0.184. The second-order valence-corrected chi connectivity index (χ2v) is 7.39. The summed E-state index contributed by atoms with van der Waals surface area (Å²) in [4.78, 5) is 0. The minimum Gasteiger partial charge on any atom is -0.0836 e. The van der Waals surface area contributed by atoms with Gasteiger partial charge in [0.2, 0.25) is 0 Å². The van der Waals surface area contributed by atoms with Gasteiger partial charge in [0.05, 0.1) is 0 Å². The summed E-state index contributed by atoms with van der Waals surface area (Å²) in [5.74, 6) is 0.430. The Hall–Kier alpha value is -1.27. The smallest absolute Gasteiger partial charge is 0.0490 e. The summed E-state index contributed by atoms with van der Waals surface area (Å²) in [6.07, 6.45) is 0. The lowest BCUT2D eigenvalue weighted by Gasteiger charge is -2.20. The SMILES string of the molecule is Cc1cc(Cl)c2c(c1)C(C)c1cc(C(C)(C)C)ccc1-2. The topological polar surface area (TPSA) is 0 Å². The van der Waals surface area contributed by atoms with Gasteiger partial charge in [-0.05, 0) is 46.2 Å². The lowest BCUT2D eigenvalue weighted by atomic mass is 9.84. The van der Waals surface area contributed by atoms with Crippen LogP contribution in [0.1, 0.15) is 55.9 Å². The number of rotatable bonds is 0. The van der Waals surface area contributed by atoms with Gasteiger partial charge in [-0.15, -0.1) is 0 Å². The molecular weight excluding hydrogens is 264 g/mol. The second-order valence-electron chi connectivity index (χ2n) is 6.98. The zero-order valence-electron chi connectivity index (χ0n) is 12.8. The number of aryl methyl sites for hydroxylation is 1. The Labute approximate surface area is 126 Å². The third kappa shape index (κ3) is 1.98. The molecule has 2 aromatic rings. The summed E-state index contributed by atoms with van der Waals surface area (Å²) in [6.45, 7) is 11.2. The van der Waals surface area contributed by atoms with Crippen molar-refractivity contribution >= 4 is 11.6 Å². The van der Waals surface area contributed by atoms with Gasteiger partial charge in [0.15, 0.2) is 0 Å². The van der Waals surface area contributed by atoms with Crippen LogP contribution >= 0.6 is 11.6 Å². The van der Waals surface area contributed by atoms with Crippen LogP contribution in [-0.4, -0.2) is 0 Å². The molecule has 20 heavy (non-hydrogen) atoms. The molecule has 0 heterocycles. The predicted molar refractivity (Wildman–Crippen MR) is 87.8 cm³/mol. The van der Waals surface area contributed by atoms with Crippen molar-refractivity contribution < 1.29 is 0 Å². The van der Waals surface area contributed by atoms with Crippen LogP contribution in [0.3, 0.4) is 0 Å². The number of hydrogen-bond acceptors (Lipinski definition) is 0. The van der Waals surface area contributed by atoms with Gasteiger partial charge in [0.25, 0.3) is 0 Å². The van der Waals surface area contributed by atoms with Crippen LogP contribution < -0.4 is 0 Å². The quantitative estimate of drug-likeness (QED) is 0.550. The van der Waals surface area contributed by atoms with E-state index in [1.54, 1.807) is 0 Å². The molecule has 0 saturated carbocycles. The van der Waals surface area contributed by atoms with Crippen LogP contribution in [-0.2, 0) is 5.41 Å². The van der Waals surface area contributed by atoms with Crippen molar-refractivity contribution in [2.75, 3.05) is 0 Å². The molecular formula is C19H21Cl. The predicted octanol–water partition coefficient (Wildman–Crippen LogP) is 6.08. The van der Waals surface area contributed by atoms with Crippen LogP contribution in [0, 0.1) is 6.92 Å². The van der Waals surface area contributed by atoms with Gasteiger partial charge in [-0.3, -0.25) is 0 Å². The van der Waals surface area contributed by atoms with E-state index < -0.39 is 0 Å². The molecule has 104 valence electrons. The summed E-state index contributed by atoms with van der Waals surface area (Å²) in [5.41, 5.74) is 8.15. The maximum absolute atomic E-state index is 6.50. The molecule has 0 aliphatic heterocycles. The molecule has 3 rings (SSSR count). The van der Waals surface area contributed by atoms with Crippen LogP contribution in [0.4, 0.5) is 0 Å². The Morgan fingerprint density at radius 1 is 1.00 bits per heavy atom. The highest BCUT2D eigenvalue weighted by Crippen LogP contribution is 2.49. The fraction of sp³-hybridized carbons (Fsp3) is 0.368. The van der Waals surface area contributed by atoms with Gasteiger partial charge in [0, 0.05) is 16.5 Å². The molecule has 0 aromatic heterocycles. The molecule has 1 atom stereocenters. The first-order chi connectivity index (χ1) is 9.29. The second kappa shape index (κ2) is 4.36. The Morgan fingerprint density at radius 2 is 1.70 bits per heavy atom. The van der Waals surface area contributed by atoms with E-state index in [1.165, 1.54) is 33.4 Å². The first kappa shape index (κ1) is 13.7. The van der Waals surface area contributed by atoms with Crippen molar-refractivity contribution in [3.05, 3.63) is 57.6 Å². The van der Waals surface area contributed by atoms with E-state index in [0.29, 0.717) is 5.92 Å². The molecule has 2 aromatic carbocycles. The van der Waals surface area contributed by atoms with E-state index in [2.05, 4.69) is 65.0 Å². The monoisotopic (exact) mass is 284 g/mol. The van der Waals surface area contributed by atoms with Crippen molar-refractivity contribution in [2.45, 2.75) is 46.0 Å². The highest BCUT2D eigenvalue weighted by atomic mass is 35.5. The molecule has 0 bridgehead atoms. The number of benzene rings is 2. The van der Waals surface area contributed by atoms with Crippen LogP contribution in [0.5, 0.6) is 0 Å². The Kier molecular flexibility index (Phi) is 2.99. The Morgan fingerprint density at radius 3 is 2.35 bits per heavy atom. The number of halogens is 1. The Bertz CT molecular complexity index is 690. The molecule has 0 nitrogen and oxygen atoms in total. The third-order valence-corrected chi connectivity index (χ3v) is 4.68. The van der Waals surface area contributed by atoms with Gasteiger partial charge in [-0.2, -0.15) is 0 Å². The maximum Gasteiger partial charge on any atom is 0.0490 e. The fourth-order valence-electron chi connectivity index (χ4n) is 3.18. The molecule has 0 spiro atoms. The zero-order valence-corrected chi connectivity index (χ0v) is 13.6. The van der Waals surface area contributed by atoms with Crippen LogP contribution in [0.15, 0.2) is 30.3 Å². The van der Waals surface area contributed by atoms with Crippen molar-refractivity contribution in [1.82, 2.24) is 0 Å². The molecule has 1 heteroatoms. The molecule has 0 saturated heterocycles. The number of fused-ring (bicyclic) bond motifs is 3. The van der Waals surface area contributed by atoms with E-state index in [0.717, 1.165) is 5.02 Å². The number of hydrogen-bond donors (Lipinski definition) is 0. The van der Waals surface area contributed by atoms with Crippen LogP contribution in [0.25, 0.3) is 11.1 Å². The highest BCUT2D eigenvalue weighted by Gasteiger charge is 2.29. The van der Waals surface area contributed by atoms with E-state index >= 15 is 0 Å². The molecule has 0 fully saturated rings. The normalized spacial score (nSPS) is 17.0. The van der Waals surface area contributed by atoms with E-state index in [9.17, 15) is 0 Å². The summed E-state index contributed by atoms with van der Waals surface area (Å²) in [7, 11) is 0. The standard InChI is InChI=1S/C19H21Cl/c1-11-8-16-12(2)15-10-13(19(3,4)5)6-7-14(15)18(16)17(20)9-11/h6-10,12H,1-5H3. The lowest BCUT2D eigenvalue weighted by Crippen LogP contribution is -2.11. The first-order valence-electron chi connectivity index (χ1n) is 7.24. The third-order valence-electron chi connectivity index (χ3n) is 4.39. The van der Waals surface area contributed by atoms with E-state index in [4.69, 9.17) is 11.6 Å². The summed E-state index contributed by atoms with van der Waals surface area (Å²) in [5, 5.41) is 0.883. The highest BCUT2D eigenvalue weighted by molar-refractivity contribution is 6.34. The van der Waals surface area contributed by atoms with E-state index in [1.807, 2.05) is 0 Å². The van der Waals surface area contributed by atoms with Crippen molar-refractivity contribution in [2.24, 2.45) is 0 Å². The van der Waals surface area contributed by atoms with Crippen molar-refractivity contribution in [3.8, 4) is 11.1 Å². The average molecular weight is 285 g/mol. The van der Waals surface area contributed by atoms with Gasteiger partial charge >= 0.3 is 0 Å². The molecule has 1 aliphatic carbocycles. The maximum atomic E-state index is 6.50. The van der Waals surface area contributed by atoms with E-state index in [-0.39, 0.29) is 5.41 Å².